The fourth-order valence-electron chi connectivity index (χ4n) is 1.96. The third kappa shape index (κ3) is 3.77. The average Bonchev–Trinajstić information content (AvgIpc) is 2.64. The van der Waals surface area contributed by atoms with Gasteiger partial charge in [-0.05, 0) is 19.8 Å². The van der Waals surface area contributed by atoms with Gasteiger partial charge in [-0.3, -0.25) is 5.10 Å². The lowest BCUT2D eigenvalue weighted by atomic mass is 10.2. The maximum atomic E-state index is 12.7. The molecule has 0 aromatic carbocycles. The lowest BCUT2D eigenvalue weighted by Gasteiger charge is -2.23. The van der Waals surface area contributed by atoms with E-state index in [4.69, 9.17) is 4.74 Å². The number of hydrogen-bond donors (Lipinski definition) is 1. The predicted molar refractivity (Wildman–Crippen MR) is 73.5 cm³/mol. The van der Waals surface area contributed by atoms with Crippen LogP contribution in [0.25, 0.3) is 0 Å². The maximum absolute atomic E-state index is 12.7. The van der Waals surface area contributed by atoms with Crippen molar-refractivity contribution in [3.8, 4) is 0 Å². The summed E-state index contributed by atoms with van der Waals surface area (Å²) >= 11 is 0. The van der Waals surface area contributed by atoms with Crippen molar-refractivity contribution in [2.45, 2.75) is 32.6 Å². The van der Waals surface area contributed by atoms with Crippen molar-refractivity contribution in [3.63, 3.8) is 0 Å². The number of H-pyrrole nitrogens is 1. The Morgan fingerprint density at radius 2 is 2.00 bits per heavy atom. The molecular formula is C12H23N3O3S. The van der Waals surface area contributed by atoms with Crippen LogP contribution in [0.1, 0.15) is 25.2 Å². The van der Waals surface area contributed by atoms with E-state index in [9.17, 15) is 8.42 Å². The molecule has 1 aromatic heterocycles. The Morgan fingerprint density at radius 3 is 2.42 bits per heavy atom. The van der Waals surface area contributed by atoms with Gasteiger partial charge >= 0.3 is 0 Å². The van der Waals surface area contributed by atoms with E-state index in [0.717, 1.165) is 0 Å². The van der Waals surface area contributed by atoms with Crippen molar-refractivity contribution < 1.29 is 13.2 Å². The highest BCUT2D eigenvalue weighted by Gasteiger charge is 2.29. The van der Waals surface area contributed by atoms with E-state index in [2.05, 4.69) is 10.2 Å². The third-order valence-corrected chi connectivity index (χ3v) is 4.90. The van der Waals surface area contributed by atoms with Crippen molar-refractivity contribution in [1.29, 1.82) is 0 Å². The van der Waals surface area contributed by atoms with E-state index in [1.165, 1.54) is 4.31 Å². The number of aromatic nitrogens is 2. The Labute approximate surface area is 115 Å². The quantitative estimate of drug-likeness (QED) is 0.821. The highest BCUT2D eigenvalue weighted by Crippen LogP contribution is 2.22. The van der Waals surface area contributed by atoms with Gasteiger partial charge in [0.25, 0.3) is 0 Å². The zero-order valence-corrected chi connectivity index (χ0v) is 13.0. The number of hydrogen-bond acceptors (Lipinski definition) is 4. The summed E-state index contributed by atoms with van der Waals surface area (Å²) in [6, 6.07) is 0. The monoisotopic (exact) mass is 289 g/mol. The molecular weight excluding hydrogens is 266 g/mol. The summed E-state index contributed by atoms with van der Waals surface area (Å²) in [7, 11) is -1.96. The first kappa shape index (κ1) is 16.1. The minimum Gasteiger partial charge on any atom is -0.383 e. The average molecular weight is 289 g/mol. The van der Waals surface area contributed by atoms with Gasteiger partial charge in [0.05, 0.1) is 18.0 Å². The minimum atomic E-state index is -3.53. The molecule has 19 heavy (non-hydrogen) atoms. The molecule has 0 aliphatic rings. The molecule has 1 aromatic rings. The lowest BCUT2D eigenvalue weighted by Crippen LogP contribution is -2.37. The molecule has 110 valence electrons. The van der Waals surface area contributed by atoms with Crippen molar-refractivity contribution in [3.05, 3.63) is 11.4 Å². The van der Waals surface area contributed by atoms with Crippen LogP contribution in [0.4, 0.5) is 0 Å². The van der Waals surface area contributed by atoms with Gasteiger partial charge in [0.2, 0.25) is 10.0 Å². The molecule has 0 amide bonds. The first-order chi connectivity index (χ1) is 8.80. The number of nitrogens with one attached hydrogen (secondary N) is 1. The summed E-state index contributed by atoms with van der Waals surface area (Å²) in [6.07, 6.45) is 0. The zero-order valence-electron chi connectivity index (χ0n) is 12.2. The van der Waals surface area contributed by atoms with E-state index >= 15 is 0 Å². The maximum Gasteiger partial charge on any atom is 0.246 e. The van der Waals surface area contributed by atoms with Crippen LogP contribution in [0, 0.1) is 19.8 Å². The van der Waals surface area contributed by atoms with E-state index in [1.807, 2.05) is 13.8 Å². The molecule has 0 saturated heterocycles. The molecule has 0 unspecified atom stereocenters. The van der Waals surface area contributed by atoms with Crippen LogP contribution in [-0.4, -0.2) is 49.7 Å². The van der Waals surface area contributed by atoms with Gasteiger partial charge in [0.15, 0.2) is 0 Å². The number of ether oxygens (including phenoxy) is 1. The molecule has 0 saturated carbocycles. The number of methoxy groups -OCH3 is 1. The second kappa shape index (κ2) is 6.49. The summed E-state index contributed by atoms with van der Waals surface area (Å²) < 4.78 is 31.8. The normalized spacial score (nSPS) is 12.6. The van der Waals surface area contributed by atoms with Crippen LogP contribution in [0.5, 0.6) is 0 Å². The van der Waals surface area contributed by atoms with Crippen LogP contribution in [0.15, 0.2) is 4.90 Å². The third-order valence-electron chi connectivity index (χ3n) is 2.77. The van der Waals surface area contributed by atoms with Crippen molar-refractivity contribution >= 4 is 10.0 Å². The molecule has 0 atom stereocenters. The Kier molecular flexibility index (Phi) is 5.51. The molecule has 1 rings (SSSR count). The molecule has 0 radical (unpaired) electrons. The number of aryl methyl sites for hydroxylation is 2. The first-order valence-corrected chi connectivity index (χ1v) is 7.75. The Hall–Kier alpha value is -0.920. The van der Waals surface area contributed by atoms with Crippen molar-refractivity contribution in [1.82, 2.24) is 14.5 Å². The SMILES string of the molecule is COCCN(CC(C)C)S(=O)(=O)c1c(C)n[nH]c1C. The molecule has 0 bridgehead atoms. The number of aromatic amines is 1. The van der Waals surface area contributed by atoms with Gasteiger partial charge in [0.1, 0.15) is 4.90 Å². The number of rotatable bonds is 7. The molecule has 0 aliphatic carbocycles. The highest BCUT2D eigenvalue weighted by atomic mass is 32.2. The van der Waals surface area contributed by atoms with Crippen molar-refractivity contribution in [2.75, 3.05) is 26.8 Å². The van der Waals surface area contributed by atoms with Gasteiger partial charge in [-0.25, -0.2) is 8.42 Å². The summed E-state index contributed by atoms with van der Waals surface area (Å²) in [6.45, 7) is 8.59. The fourth-order valence-corrected chi connectivity index (χ4v) is 3.88. The lowest BCUT2D eigenvalue weighted by molar-refractivity contribution is 0.175. The largest absolute Gasteiger partial charge is 0.383 e. The molecule has 0 aliphatic heterocycles. The number of sulfonamides is 1. The highest BCUT2D eigenvalue weighted by molar-refractivity contribution is 7.89. The summed E-state index contributed by atoms with van der Waals surface area (Å²) in [5.74, 6) is 0.249. The van der Waals surface area contributed by atoms with E-state index in [-0.39, 0.29) is 10.8 Å². The van der Waals surface area contributed by atoms with Crippen LogP contribution in [-0.2, 0) is 14.8 Å². The summed E-state index contributed by atoms with van der Waals surface area (Å²) in [5.41, 5.74) is 1.08. The fraction of sp³-hybridized carbons (Fsp3) is 0.750. The smallest absolute Gasteiger partial charge is 0.246 e. The van der Waals surface area contributed by atoms with Gasteiger partial charge in [-0.2, -0.15) is 9.40 Å². The predicted octanol–water partition coefficient (Wildman–Crippen LogP) is 1.32. The Morgan fingerprint density at radius 1 is 1.37 bits per heavy atom. The topological polar surface area (TPSA) is 75.3 Å². The second-order valence-corrected chi connectivity index (χ2v) is 6.89. The minimum absolute atomic E-state index is 0.249. The van der Waals surface area contributed by atoms with Crippen LogP contribution < -0.4 is 0 Å². The van der Waals surface area contributed by atoms with E-state index in [1.54, 1.807) is 21.0 Å². The Balaban J connectivity index is 3.12. The molecule has 0 fully saturated rings. The molecule has 0 spiro atoms. The Bertz CT molecular complexity index is 489. The summed E-state index contributed by atoms with van der Waals surface area (Å²) in [4.78, 5) is 0.282. The first-order valence-electron chi connectivity index (χ1n) is 6.31. The van der Waals surface area contributed by atoms with E-state index < -0.39 is 10.0 Å². The van der Waals surface area contributed by atoms with Crippen LogP contribution >= 0.6 is 0 Å². The standard InChI is InChI=1S/C12H23N3O3S/c1-9(2)8-15(6-7-18-5)19(16,17)12-10(3)13-14-11(12)4/h9H,6-8H2,1-5H3,(H,13,14). The van der Waals surface area contributed by atoms with Crippen LogP contribution in [0.3, 0.4) is 0 Å². The molecule has 1 N–H and O–H groups in total. The number of nitrogens with zero attached hydrogens (tertiary/aromatic N) is 2. The van der Waals surface area contributed by atoms with Gasteiger partial charge in [-0.15, -0.1) is 0 Å². The van der Waals surface area contributed by atoms with Crippen molar-refractivity contribution in [2.24, 2.45) is 5.92 Å². The zero-order chi connectivity index (χ0) is 14.6. The second-order valence-electron chi connectivity index (χ2n) is 5.01. The molecule has 1 heterocycles. The van der Waals surface area contributed by atoms with Gasteiger partial charge < -0.3 is 4.74 Å². The molecule has 7 heteroatoms. The van der Waals surface area contributed by atoms with Crippen LogP contribution in [0.2, 0.25) is 0 Å². The summed E-state index contributed by atoms with van der Waals surface area (Å²) in [5, 5.41) is 6.68. The van der Waals surface area contributed by atoms with E-state index in [0.29, 0.717) is 31.1 Å². The van der Waals surface area contributed by atoms with Gasteiger partial charge in [-0.1, -0.05) is 13.8 Å². The van der Waals surface area contributed by atoms with Gasteiger partial charge in [0, 0.05) is 20.2 Å². The molecule has 6 nitrogen and oxygen atoms in total.